The maximum absolute atomic E-state index is 12.3. The van der Waals surface area contributed by atoms with Gasteiger partial charge in [-0.3, -0.25) is 4.79 Å². The molecule has 1 fully saturated rings. The number of hydrogen-bond donors (Lipinski definition) is 1. The van der Waals surface area contributed by atoms with Crippen LogP contribution in [0, 0.1) is 0 Å². The second kappa shape index (κ2) is 7.77. The highest BCUT2D eigenvalue weighted by Gasteiger charge is 2.26. The van der Waals surface area contributed by atoms with E-state index >= 15 is 0 Å². The van der Waals surface area contributed by atoms with E-state index in [1.165, 1.54) is 0 Å². The Kier molecular flexibility index (Phi) is 5.25. The van der Waals surface area contributed by atoms with Crippen LogP contribution < -0.4 is 15.0 Å². The van der Waals surface area contributed by atoms with Crippen molar-refractivity contribution in [1.29, 1.82) is 0 Å². The third-order valence-electron chi connectivity index (χ3n) is 4.31. The van der Waals surface area contributed by atoms with E-state index in [1.807, 2.05) is 36.4 Å². The van der Waals surface area contributed by atoms with Crippen molar-refractivity contribution in [2.75, 3.05) is 25.1 Å². The highest BCUT2D eigenvalue weighted by molar-refractivity contribution is 5.79. The van der Waals surface area contributed by atoms with Gasteiger partial charge in [-0.05, 0) is 31.0 Å². The molecule has 6 heteroatoms. The van der Waals surface area contributed by atoms with Crippen molar-refractivity contribution in [3.8, 4) is 5.75 Å². The Bertz CT molecular complexity index is 678. The Labute approximate surface area is 141 Å². The van der Waals surface area contributed by atoms with Crippen LogP contribution in [0.3, 0.4) is 0 Å². The van der Waals surface area contributed by atoms with E-state index in [-0.39, 0.29) is 11.9 Å². The van der Waals surface area contributed by atoms with E-state index in [2.05, 4.69) is 20.4 Å². The fourth-order valence-corrected chi connectivity index (χ4v) is 3.11. The third kappa shape index (κ3) is 3.82. The second-order valence-electron chi connectivity index (χ2n) is 5.86. The quantitative estimate of drug-likeness (QED) is 0.877. The number of nitrogens with zero attached hydrogens (tertiary/aromatic N) is 3. The summed E-state index contributed by atoms with van der Waals surface area (Å²) in [5, 5.41) is 11.2. The first-order valence-electron chi connectivity index (χ1n) is 8.21. The average molecular weight is 326 g/mol. The molecule has 1 atom stereocenters. The number of anilines is 1. The Morgan fingerprint density at radius 1 is 1.33 bits per heavy atom. The highest BCUT2D eigenvalue weighted by atomic mass is 16.5. The first-order chi connectivity index (χ1) is 11.8. The molecular formula is C18H22N4O2. The van der Waals surface area contributed by atoms with Crippen molar-refractivity contribution in [2.24, 2.45) is 0 Å². The largest absolute Gasteiger partial charge is 0.496 e. The predicted molar refractivity (Wildman–Crippen MR) is 92.1 cm³/mol. The van der Waals surface area contributed by atoms with Crippen LogP contribution in [0.1, 0.15) is 18.4 Å². The molecule has 0 unspecified atom stereocenters. The van der Waals surface area contributed by atoms with Crippen LogP contribution in [0.2, 0.25) is 0 Å². The molecule has 1 aliphatic heterocycles. The molecule has 24 heavy (non-hydrogen) atoms. The number of methoxy groups -OCH3 is 1. The van der Waals surface area contributed by atoms with E-state index in [0.717, 1.165) is 36.5 Å². The minimum atomic E-state index is 0.00509. The SMILES string of the molecule is COc1ccccc1CC(=O)NC[C@H]1CCCN1c1cccnn1. The van der Waals surface area contributed by atoms with Crippen molar-refractivity contribution in [3.05, 3.63) is 48.2 Å². The number of ether oxygens (including phenoxy) is 1. The van der Waals surface area contributed by atoms with Gasteiger partial charge in [0.15, 0.2) is 5.82 Å². The maximum atomic E-state index is 12.3. The van der Waals surface area contributed by atoms with Crippen molar-refractivity contribution in [3.63, 3.8) is 0 Å². The Balaban J connectivity index is 1.56. The number of benzene rings is 1. The van der Waals surface area contributed by atoms with Crippen molar-refractivity contribution in [1.82, 2.24) is 15.5 Å². The molecular weight excluding hydrogens is 304 g/mol. The van der Waals surface area contributed by atoms with Crippen LogP contribution in [0.15, 0.2) is 42.6 Å². The van der Waals surface area contributed by atoms with Crippen LogP contribution in [-0.4, -0.2) is 42.3 Å². The lowest BCUT2D eigenvalue weighted by Crippen LogP contribution is -2.41. The van der Waals surface area contributed by atoms with Crippen LogP contribution in [0.25, 0.3) is 0 Å². The molecule has 1 amide bonds. The van der Waals surface area contributed by atoms with Crippen LogP contribution in [0.4, 0.5) is 5.82 Å². The lowest BCUT2D eigenvalue weighted by Gasteiger charge is -2.25. The number of rotatable bonds is 6. The molecule has 3 rings (SSSR count). The molecule has 1 aliphatic rings. The first-order valence-corrected chi connectivity index (χ1v) is 8.21. The maximum Gasteiger partial charge on any atom is 0.224 e. The summed E-state index contributed by atoms with van der Waals surface area (Å²) >= 11 is 0. The summed E-state index contributed by atoms with van der Waals surface area (Å²) in [5.41, 5.74) is 0.898. The summed E-state index contributed by atoms with van der Waals surface area (Å²) in [6.45, 7) is 1.57. The molecule has 0 spiro atoms. The summed E-state index contributed by atoms with van der Waals surface area (Å²) in [6.07, 6.45) is 4.14. The number of para-hydroxylation sites is 1. The van der Waals surface area contributed by atoms with Gasteiger partial charge in [0, 0.05) is 30.9 Å². The Hall–Kier alpha value is -2.63. The van der Waals surface area contributed by atoms with E-state index in [4.69, 9.17) is 4.74 Å². The lowest BCUT2D eigenvalue weighted by atomic mass is 10.1. The molecule has 6 nitrogen and oxygen atoms in total. The zero-order valence-electron chi connectivity index (χ0n) is 13.8. The summed E-state index contributed by atoms with van der Waals surface area (Å²) in [5.74, 6) is 1.62. The number of carbonyl (C=O) groups is 1. The van der Waals surface area contributed by atoms with Crippen LogP contribution in [0.5, 0.6) is 5.75 Å². The normalized spacial score (nSPS) is 16.9. The molecule has 0 aliphatic carbocycles. The molecule has 126 valence electrons. The third-order valence-corrected chi connectivity index (χ3v) is 4.31. The van der Waals surface area contributed by atoms with Gasteiger partial charge in [0.05, 0.1) is 13.5 Å². The Morgan fingerprint density at radius 2 is 2.21 bits per heavy atom. The number of aromatic nitrogens is 2. The zero-order valence-corrected chi connectivity index (χ0v) is 13.8. The minimum absolute atomic E-state index is 0.00509. The molecule has 1 saturated heterocycles. The smallest absolute Gasteiger partial charge is 0.224 e. The summed E-state index contributed by atoms with van der Waals surface area (Å²) in [6, 6.07) is 11.7. The number of hydrogen-bond acceptors (Lipinski definition) is 5. The monoisotopic (exact) mass is 326 g/mol. The molecule has 1 N–H and O–H groups in total. The van der Waals surface area contributed by atoms with E-state index in [0.29, 0.717) is 13.0 Å². The topological polar surface area (TPSA) is 67.3 Å². The average Bonchev–Trinajstić information content (AvgIpc) is 3.10. The number of carbonyl (C=O) groups excluding carboxylic acids is 1. The molecule has 0 radical (unpaired) electrons. The number of nitrogens with one attached hydrogen (secondary N) is 1. The Morgan fingerprint density at radius 3 is 3.00 bits per heavy atom. The van der Waals surface area contributed by atoms with Gasteiger partial charge >= 0.3 is 0 Å². The highest BCUT2D eigenvalue weighted by Crippen LogP contribution is 2.22. The zero-order chi connectivity index (χ0) is 16.8. The van der Waals surface area contributed by atoms with E-state index < -0.39 is 0 Å². The van der Waals surface area contributed by atoms with Gasteiger partial charge in [-0.1, -0.05) is 18.2 Å². The van der Waals surface area contributed by atoms with Gasteiger partial charge in [0.25, 0.3) is 0 Å². The molecule has 1 aromatic carbocycles. The fraction of sp³-hybridized carbons (Fsp3) is 0.389. The molecule has 0 saturated carbocycles. The summed E-state index contributed by atoms with van der Waals surface area (Å²) < 4.78 is 5.30. The summed E-state index contributed by atoms with van der Waals surface area (Å²) in [4.78, 5) is 14.5. The van der Waals surface area contributed by atoms with Crippen LogP contribution >= 0.6 is 0 Å². The van der Waals surface area contributed by atoms with Gasteiger partial charge in [-0.2, -0.15) is 5.10 Å². The van der Waals surface area contributed by atoms with Gasteiger partial charge in [-0.15, -0.1) is 5.10 Å². The minimum Gasteiger partial charge on any atom is -0.496 e. The van der Waals surface area contributed by atoms with Gasteiger partial charge in [0.2, 0.25) is 5.91 Å². The molecule has 0 bridgehead atoms. The number of amides is 1. The summed E-state index contributed by atoms with van der Waals surface area (Å²) in [7, 11) is 1.62. The molecule has 2 aromatic rings. The van der Waals surface area contributed by atoms with Gasteiger partial charge < -0.3 is 15.0 Å². The van der Waals surface area contributed by atoms with Crippen molar-refractivity contribution < 1.29 is 9.53 Å². The first kappa shape index (κ1) is 16.2. The molecule has 2 heterocycles. The standard InChI is InChI=1S/C18H22N4O2/c1-24-16-8-3-2-6-14(16)12-18(23)19-13-15-7-5-11-22(15)17-9-4-10-20-21-17/h2-4,6,8-10,15H,5,7,11-13H2,1H3,(H,19,23)/t15-/m1/s1. The van der Waals surface area contributed by atoms with E-state index in [1.54, 1.807) is 13.3 Å². The van der Waals surface area contributed by atoms with Gasteiger partial charge in [-0.25, -0.2) is 0 Å². The second-order valence-corrected chi connectivity index (χ2v) is 5.86. The molecule has 1 aromatic heterocycles. The van der Waals surface area contributed by atoms with Crippen molar-refractivity contribution in [2.45, 2.75) is 25.3 Å². The van der Waals surface area contributed by atoms with Gasteiger partial charge in [0.1, 0.15) is 5.75 Å². The predicted octanol–water partition coefficient (Wildman–Crippen LogP) is 1.81. The van der Waals surface area contributed by atoms with Crippen molar-refractivity contribution >= 4 is 11.7 Å². The lowest BCUT2D eigenvalue weighted by molar-refractivity contribution is -0.120. The van der Waals surface area contributed by atoms with Crippen LogP contribution in [-0.2, 0) is 11.2 Å². The fourth-order valence-electron chi connectivity index (χ4n) is 3.11. The van der Waals surface area contributed by atoms with E-state index in [9.17, 15) is 4.79 Å².